The second-order valence-corrected chi connectivity index (χ2v) is 8.11. The minimum atomic E-state index is -3.80. The van der Waals surface area contributed by atoms with Gasteiger partial charge in [0.2, 0.25) is 15.9 Å². The minimum Gasteiger partial charge on any atom is -0.326 e. The van der Waals surface area contributed by atoms with E-state index in [0.717, 1.165) is 10.8 Å². The summed E-state index contributed by atoms with van der Waals surface area (Å²) in [6.07, 6.45) is -0.0154. The number of carbonyl (C=O) groups excluding carboxylic acids is 2. The standard InChI is InChI=1S/C21H20N2O4S/c1-15(24)17-7-4-8-20(14-17)28(26,27)22-12-11-21(25)23-19-10-9-16-5-2-3-6-18(16)13-19/h2-10,13-14,22H,11-12H2,1H3,(H,23,25). The molecule has 1 amide bonds. The first-order valence-corrected chi connectivity index (χ1v) is 10.2. The van der Waals surface area contributed by atoms with Gasteiger partial charge in [-0.25, -0.2) is 13.1 Å². The fourth-order valence-corrected chi connectivity index (χ4v) is 3.83. The number of nitrogens with one attached hydrogen (secondary N) is 2. The van der Waals surface area contributed by atoms with Crippen molar-refractivity contribution in [2.24, 2.45) is 0 Å². The van der Waals surface area contributed by atoms with E-state index in [0.29, 0.717) is 11.3 Å². The van der Waals surface area contributed by atoms with Gasteiger partial charge in [-0.1, -0.05) is 42.5 Å². The molecule has 28 heavy (non-hydrogen) atoms. The Balaban J connectivity index is 1.58. The largest absolute Gasteiger partial charge is 0.326 e. The normalized spacial score (nSPS) is 11.3. The van der Waals surface area contributed by atoms with Crippen LogP contribution in [0.2, 0.25) is 0 Å². The summed E-state index contributed by atoms with van der Waals surface area (Å²) in [7, 11) is -3.80. The molecule has 0 atom stereocenters. The van der Waals surface area contributed by atoms with Crippen molar-refractivity contribution in [1.29, 1.82) is 0 Å². The Morgan fingerprint density at radius 3 is 2.39 bits per heavy atom. The summed E-state index contributed by atoms with van der Waals surface area (Å²) in [6.45, 7) is 1.32. The SMILES string of the molecule is CC(=O)c1cccc(S(=O)(=O)NCCC(=O)Nc2ccc3ccccc3c2)c1. The number of amides is 1. The molecule has 0 unspecified atom stereocenters. The molecule has 0 heterocycles. The molecule has 3 rings (SSSR count). The third-order valence-electron chi connectivity index (χ3n) is 4.23. The molecule has 3 aromatic carbocycles. The molecule has 0 spiro atoms. The lowest BCUT2D eigenvalue weighted by atomic mass is 10.1. The lowest BCUT2D eigenvalue weighted by Crippen LogP contribution is -2.28. The van der Waals surface area contributed by atoms with E-state index in [2.05, 4.69) is 10.0 Å². The third kappa shape index (κ3) is 4.82. The summed E-state index contributed by atoms with van der Waals surface area (Å²) in [5.74, 6) is -0.512. The molecule has 0 aromatic heterocycles. The van der Waals surface area contributed by atoms with Crippen LogP contribution in [0.15, 0.2) is 71.6 Å². The van der Waals surface area contributed by atoms with Gasteiger partial charge >= 0.3 is 0 Å². The molecular formula is C21H20N2O4S. The fourth-order valence-electron chi connectivity index (χ4n) is 2.76. The van der Waals surface area contributed by atoms with Gasteiger partial charge in [-0.3, -0.25) is 9.59 Å². The molecular weight excluding hydrogens is 376 g/mol. The number of ketones is 1. The third-order valence-corrected chi connectivity index (χ3v) is 5.69. The second-order valence-electron chi connectivity index (χ2n) is 6.34. The zero-order valence-corrected chi connectivity index (χ0v) is 16.1. The van der Waals surface area contributed by atoms with E-state index in [9.17, 15) is 18.0 Å². The fraction of sp³-hybridized carbons (Fsp3) is 0.143. The number of Topliss-reactive ketones (excluding diaryl/α,β-unsaturated/α-hetero) is 1. The maximum absolute atomic E-state index is 12.3. The Kier molecular flexibility index (Phi) is 5.87. The monoisotopic (exact) mass is 396 g/mol. The zero-order valence-electron chi connectivity index (χ0n) is 15.3. The lowest BCUT2D eigenvalue weighted by molar-refractivity contribution is -0.116. The van der Waals surface area contributed by atoms with Gasteiger partial charge in [-0.15, -0.1) is 0 Å². The summed E-state index contributed by atoms with van der Waals surface area (Å²) in [5, 5.41) is 4.84. The highest BCUT2D eigenvalue weighted by Gasteiger charge is 2.15. The first-order valence-electron chi connectivity index (χ1n) is 8.74. The van der Waals surface area contributed by atoms with Gasteiger partial charge in [-0.05, 0) is 42.0 Å². The molecule has 0 aliphatic rings. The van der Waals surface area contributed by atoms with Gasteiger partial charge in [0.05, 0.1) is 4.90 Å². The molecule has 3 aromatic rings. The number of fused-ring (bicyclic) bond motifs is 1. The number of sulfonamides is 1. The Labute approximate surface area is 163 Å². The number of anilines is 1. The summed E-state index contributed by atoms with van der Waals surface area (Å²) < 4.78 is 27.1. The van der Waals surface area contributed by atoms with Gasteiger partial charge in [0.1, 0.15) is 0 Å². The molecule has 2 N–H and O–H groups in total. The van der Waals surface area contributed by atoms with Gasteiger partial charge in [0, 0.05) is 24.2 Å². The minimum absolute atomic E-state index is 0.00450. The smallest absolute Gasteiger partial charge is 0.240 e. The van der Waals surface area contributed by atoms with Crippen LogP contribution < -0.4 is 10.0 Å². The lowest BCUT2D eigenvalue weighted by Gasteiger charge is -2.09. The van der Waals surface area contributed by atoms with Crippen LogP contribution in [0.4, 0.5) is 5.69 Å². The Bertz CT molecular complexity index is 1140. The quantitative estimate of drug-likeness (QED) is 0.599. The second kappa shape index (κ2) is 8.33. The molecule has 0 bridgehead atoms. The van der Waals surface area contributed by atoms with Crippen molar-refractivity contribution in [3.05, 3.63) is 72.3 Å². The number of benzene rings is 3. The predicted molar refractivity (Wildman–Crippen MR) is 109 cm³/mol. The van der Waals surface area contributed by atoms with Crippen molar-refractivity contribution in [1.82, 2.24) is 4.72 Å². The molecule has 144 valence electrons. The van der Waals surface area contributed by atoms with Crippen molar-refractivity contribution >= 4 is 38.2 Å². The highest BCUT2D eigenvalue weighted by Crippen LogP contribution is 2.19. The number of hydrogen-bond donors (Lipinski definition) is 2. The van der Waals surface area contributed by atoms with Crippen molar-refractivity contribution < 1.29 is 18.0 Å². The van der Waals surface area contributed by atoms with Crippen molar-refractivity contribution in [3.63, 3.8) is 0 Å². The molecule has 0 saturated heterocycles. The Morgan fingerprint density at radius 1 is 0.893 bits per heavy atom. The number of carbonyl (C=O) groups is 2. The molecule has 6 nitrogen and oxygen atoms in total. The molecule has 0 aliphatic heterocycles. The van der Waals surface area contributed by atoms with Crippen LogP contribution in [0, 0.1) is 0 Å². The molecule has 0 saturated carbocycles. The summed E-state index contributed by atoms with van der Waals surface area (Å²) in [4.78, 5) is 23.5. The van der Waals surface area contributed by atoms with Crippen LogP contribution in [0.1, 0.15) is 23.7 Å². The van der Waals surface area contributed by atoms with E-state index < -0.39 is 10.0 Å². The molecule has 7 heteroatoms. The number of rotatable bonds is 7. The van der Waals surface area contributed by atoms with E-state index in [1.165, 1.54) is 25.1 Å². The maximum atomic E-state index is 12.3. The van der Waals surface area contributed by atoms with Crippen LogP contribution in [0.5, 0.6) is 0 Å². The summed E-state index contributed by atoms with van der Waals surface area (Å²) in [6, 6.07) is 19.2. The average Bonchev–Trinajstić information content (AvgIpc) is 2.68. The Hall–Kier alpha value is -3.03. The van der Waals surface area contributed by atoms with Crippen LogP contribution in [-0.2, 0) is 14.8 Å². The van der Waals surface area contributed by atoms with Gasteiger partial charge in [0.25, 0.3) is 0 Å². The van der Waals surface area contributed by atoms with E-state index in [4.69, 9.17) is 0 Å². The molecule has 0 radical (unpaired) electrons. The number of hydrogen-bond acceptors (Lipinski definition) is 4. The predicted octanol–water partition coefficient (Wildman–Crippen LogP) is 3.35. The first kappa shape index (κ1) is 19.7. The van der Waals surface area contributed by atoms with Gasteiger partial charge < -0.3 is 5.32 Å². The Morgan fingerprint density at radius 2 is 1.64 bits per heavy atom. The summed E-state index contributed by atoms with van der Waals surface area (Å²) in [5.41, 5.74) is 0.970. The van der Waals surface area contributed by atoms with E-state index in [-0.39, 0.29) is 29.6 Å². The topological polar surface area (TPSA) is 92.3 Å². The maximum Gasteiger partial charge on any atom is 0.240 e. The van der Waals surface area contributed by atoms with Crippen LogP contribution in [0.25, 0.3) is 10.8 Å². The van der Waals surface area contributed by atoms with Crippen molar-refractivity contribution in [2.75, 3.05) is 11.9 Å². The average molecular weight is 396 g/mol. The zero-order chi connectivity index (χ0) is 20.1. The van der Waals surface area contributed by atoms with Crippen LogP contribution in [0.3, 0.4) is 0 Å². The summed E-state index contributed by atoms with van der Waals surface area (Å²) >= 11 is 0. The van der Waals surface area contributed by atoms with E-state index >= 15 is 0 Å². The van der Waals surface area contributed by atoms with E-state index in [1.807, 2.05) is 36.4 Å². The highest BCUT2D eigenvalue weighted by atomic mass is 32.2. The van der Waals surface area contributed by atoms with Crippen LogP contribution in [-0.4, -0.2) is 26.7 Å². The van der Waals surface area contributed by atoms with Crippen molar-refractivity contribution in [3.8, 4) is 0 Å². The van der Waals surface area contributed by atoms with Gasteiger partial charge in [-0.2, -0.15) is 0 Å². The van der Waals surface area contributed by atoms with Gasteiger partial charge in [0.15, 0.2) is 5.78 Å². The van der Waals surface area contributed by atoms with E-state index in [1.54, 1.807) is 12.1 Å². The molecule has 0 aliphatic carbocycles. The first-order chi connectivity index (χ1) is 13.3. The van der Waals surface area contributed by atoms with Crippen LogP contribution >= 0.6 is 0 Å². The molecule has 0 fully saturated rings. The van der Waals surface area contributed by atoms with Crippen molar-refractivity contribution in [2.45, 2.75) is 18.2 Å². The highest BCUT2D eigenvalue weighted by molar-refractivity contribution is 7.89.